The van der Waals surface area contributed by atoms with Crippen molar-refractivity contribution >= 4 is 29.7 Å². The van der Waals surface area contributed by atoms with E-state index in [4.69, 9.17) is 27.9 Å². The van der Waals surface area contributed by atoms with Crippen molar-refractivity contribution in [2.45, 2.75) is 19.5 Å². The minimum absolute atomic E-state index is 0.0712. The van der Waals surface area contributed by atoms with Crippen LogP contribution in [0.25, 0.3) is 0 Å². The number of nitrogens with zero attached hydrogens (tertiary/aromatic N) is 3. The first-order chi connectivity index (χ1) is 13.9. The average molecular weight is 422 g/mol. The van der Waals surface area contributed by atoms with Gasteiger partial charge >= 0.3 is 0 Å². The molecule has 0 aliphatic carbocycles. The lowest BCUT2D eigenvalue weighted by Crippen LogP contribution is -2.39. The van der Waals surface area contributed by atoms with Crippen LogP contribution in [0.2, 0.25) is 5.15 Å². The molecular weight excluding hydrogens is 398 g/mol. The predicted octanol–water partition coefficient (Wildman–Crippen LogP) is 0.352. The number of nitrogens with two attached hydrogens (primary N) is 2. The van der Waals surface area contributed by atoms with Crippen molar-refractivity contribution in [1.82, 2.24) is 14.9 Å². The van der Waals surface area contributed by atoms with Gasteiger partial charge in [0, 0.05) is 13.1 Å². The molecule has 1 unspecified atom stereocenters. The minimum Gasteiger partial charge on any atom is -0.392 e. The molecule has 6 N–H and O–H groups in total. The monoisotopic (exact) mass is 421 g/mol. The molecule has 10 nitrogen and oxygen atoms in total. The Labute approximate surface area is 172 Å². The van der Waals surface area contributed by atoms with E-state index in [-0.39, 0.29) is 30.1 Å². The van der Waals surface area contributed by atoms with Crippen LogP contribution in [-0.2, 0) is 16.1 Å². The maximum absolute atomic E-state index is 12.9. The average Bonchev–Trinajstić information content (AvgIpc) is 2.70. The second-order valence-electron chi connectivity index (χ2n) is 6.06. The number of carbonyl (C=O) groups excluding carboxylic acids is 1. The Hall–Kier alpha value is -3.11. The highest BCUT2D eigenvalue weighted by Gasteiger charge is 2.19. The Morgan fingerprint density at radius 3 is 2.72 bits per heavy atom. The molecule has 0 spiro atoms. The van der Waals surface area contributed by atoms with E-state index in [1.165, 1.54) is 4.57 Å². The van der Waals surface area contributed by atoms with Gasteiger partial charge in [0.2, 0.25) is 5.96 Å². The number of aldehydes is 1. The van der Waals surface area contributed by atoms with E-state index in [9.17, 15) is 9.59 Å². The fourth-order valence-corrected chi connectivity index (χ4v) is 2.76. The second kappa shape index (κ2) is 11.0. The van der Waals surface area contributed by atoms with Crippen LogP contribution in [0.4, 0.5) is 5.82 Å². The molecule has 0 radical (unpaired) electrons. The summed E-state index contributed by atoms with van der Waals surface area (Å²) in [5.74, 6) is -0.141. The summed E-state index contributed by atoms with van der Waals surface area (Å²) in [7, 11) is 0. The Morgan fingerprint density at radius 2 is 2.07 bits per heavy atom. The van der Waals surface area contributed by atoms with E-state index in [0.29, 0.717) is 24.9 Å². The van der Waals surface area contributed by atoms with Gasteiger partial charge in [0.15, 0.2) is 17.3 Å². The molecule has 1 aromatic heterocycles. The summed E-state index contributed by atoms with van der Waals surface area (Å²) in [5, 5.41) is 9.38. The topological polar surface area (TPSA) is 150 Å². The first-order valence-electron chi connectivity index (χ1n) is 8.90. The number of oxime groups is 1. The summed E-state index contributed by atoms with van der Waals surface area (Å²) in [6.45, 7) is 2.40. The van der Waals surface area contributed by atoms with Gasteiger partial charge in [-0.15, -0.1) is 0 Å². The number of benzene rings is 1. The Balaban J connectivity index is 2.10. The maximum Gasteiger partial charge on any atom is 0.295 e. The van der Waals surface area contributed by atoms with E-state index in [2.05, 4.69) is 20.8 Å². The standard InChI is InChI=1S/C18H24ClN7O3/c1-12-15(19)24-16(23-8-7-13-5-3-2-4-6-13)17(28)26(12)14(11-27)22-9-10-29-25-18(20)21/h2-6,11,14,22H,7-10H2,1H3,(H,23,24)(H4,20,21,25). The minimum atomic E-state index is -0.958. The largest absolute Gasteiger partial charge is 0.392 e. The van der Waals surface area contributed by atoms with Gasteiger partial charge in [-0.25, -0.2) is 4.98 Å². The van der Waals surface area contributed by atoms with E-state index < -0.39 is 11.7 Å². The Morgan fingerprint density at radius 1 is 1.34 bits per heavy atom. The highest BCUT2D eigenvalue weighted by atomic mass is 35.5. The number of nitrogens with one attached hydrogen (secondary N) is 2. The van der Waals surface area contributed by atoms with E-state index >= 15 is 0 Å². The summed E-state index contributed by atoms with van der Waals surface area (Å²) >= 11 is 6.18. The Kier molecular flexibility index (Phi) is 8.44. The molecule has 1 atom stereocenters. The summed E-state index contributed by atoms with van der Waals surface area (Å²) in [6, 6.07) is 9.81. The molecule has 0 amide bonds. The molecule has 0 bridgehead atoms. The summed E-state index contributed by atoms with van der Waals surface area (Å²) in [4.78, 5) is 33.4. The normalized spacial score (nSPS) is 11.5. The lowest BCUT2D eigenvalue weighted by molar-refractivity contribution is -0.111. The van der Waals surface area contributed by atoms with Crippen molar-refractivity contribution in [1.29, 1.82) is 0 Å². The SMILES string of the molecule is Cc1c(Cl)nc(NCCc2ccccc2)c(=O)n1C(C=O)NCCON=C(N)N. The third-order valence-electron chi connectivity index (χ3n) is 3.96. The van der Waals surface area contributed by atoms with Gasteiger partial charge in [-0.1, -0.05) is 41.9 Å². The molecule has 0 fully saturated rings. The zero-order chi connectivity index (χ0) is 21.2. The van der Waals surface area contributed by atoms with Crippen LogP contribution in [-0.4, -0.2) is 41.5 Å². The number of halogens is 1. The van der Waals surface area contributed by atoms with Crippen molar-refractivity contribution in [3.05, 3.63) is 57.1 Å². The van der Waals surface area contributed by atoms with Crippen LogP contribution in [0.15, 0.2) is 40.3 Å². The number of anilines is 1. The van der Waals surface area contributed by atoms with Crippen LogP contribution >= 0.6 is 11.6 Å². The van der Waals surface area contributed by atoms with Gasteiger partial charge in [0.05, 0.1) is 5.69 Å². The van der Waals surface area contributed by atoms with E-state index in [1.807, 2.05) is 30.3 Å². The first kappa shape index (κ1) is 22.2. The third kappa shape index (κ3) is 6.47. The van der Waals surface area contributed by atoms with Crippen LogP contribution in [0.1, 0.15) is 17.4 Å². The van der Waals surface area contributed by atoms with E-state index in [0.717, 1.165) is 5.56 Å². The van der Waals surface area contributed by atoms with Crippen LogP contribution in [0.5, 0.6) is 0 Å². The predicted molar refractivity (Wildman–Crippen MR) is 112 cm³/mol. The lowest BCUT2D eigenvalue weighted by Gasteiger charge is -2.20. The zero-order valence-electron chi connectivity index (χ0n) is 16.0. The lowest BCUT2D eigenvalue weighted by atomic mass is 10.1. The van der Waals surface area contributed by atoms with Gasteiger partial charge in [0.1, 0.15) is 12.8 Å². The number of hydrogen-bond acceptors (Lipinski definition) is 7. The molecule has 11 heteroatoms. The van der Waals surface area contributed by atoms with Crippen molar-refractivity contribution in [3.63, 3.8) is 0 Å². The fourth-order valence-electron chi connectivity index (χ4n) is 2.59. The quantitative estimate of drug-likeness (QED) is 0.133. The fraction of sp³-hybridized carbons (Fsp3) is 0.333. The van der Waals surface area contributed by atoms with Gasteiger partial charge < -0.3 is 21.6 Å². The summed E-state index contributed by atoms with van der Waals surface area (Å²) in [6.07, 6.45) is 0.338. The molecule has 2 rings (SSSR count). The number of hydrogen-bond donors (Lipinski definition) is 4. The highest BCUT2D eigenvalue weighted by molar-refractivity contribution is 6.30. The highest BCUT2D eigenvalue weighted by Crippen LogP contribution is 2.15. The smallest absolute Gasteiger partial charge is 0.295 e. The molecule has 2 aromatic rings. The molecule has 0 saturated carbocycles. The van der Waals surface area contributed by atoms with E-state index in [1.54, 1.807) is 6.92 Å². The van der Waals surface area contributed by atoms with Crippen molar-refractivity contribution < 1.29 is 9.63 Å². The van der Waals surface area contributed by atoms with Crippen LogP contribution in [0, 0.1) is 6.92 Å². The summed E-state index contributed by atoms with van der Waals surface area (Å²) in [5.41, 5.74) is 11.3. The number of aromatic nitrogens is 2. The first-order valence-corrected chi connectivity index (χ1v) is 9.27. The molecule has 1 heterocycles. The molecule has 0 aliphatic heterocycles. The van der Waals surface area contributed by atoms with Crippen molar-refractivity contribution in [2.75, 3.05) is 25.0 Å². The van der Waals surface area contributed by atoms with Gasteiger partial charge in [-0.2, -0.15) is 0 Å². The van der Waals surface area contributed by atoms with Crippen molar-refractivity contribution in [3.8, 4) is 0 Å². The zero-order valence-corrected chi connectivity index (χ0v) is 16.7. The molecule has 0 saturated heterocycles. The number of rotatable bonds is 11. The maximum atomic E-state index is 12.9. The summed E-state index contributed by atoms with van der Waals surface area (Å²) < 4.78 is 1.24. The molecule has 29 heavy (non-hydrogen) atoms. The Bertz CT molecular complexity index is 898. The third-order valence-corrected chi connectivity index (χ3v) is 4.32. The number of guanidine groups is 1. The van der Waals surface area contributed by atoms with Gasteiger partial charge in [-0.05, 0) is 24.1 Å². The molecule has 156 valence electrons. The second-order valence-corrected chi connectivity index (χ2v) is 6.42. The van der Waals surface area contributed by atoms with Gasteiger partial charge in [-0.3, -0.25) is 19.5 Å². The van der Waals surface area contributed by atoms with Crippen LogP contribution < -0.4 is 27.7 Å². The van der Waals surface area contributed by atoms with Gasteiger partial charge in [0.25, 0.3) is 5.56 Å². The molecular formula is C18H24ClN7O3. The number of carbonyl (C=O) groups is 1. The molecule has 0 aliphatic rings. The molecule has 1 aromatic carbocycles. The van der Waals surface area contributed by atoms with Crippen molar-refractivity contribution in [2.24, 2.45) is 16.6 Å². The van der Waals surface area contributed by atoms with Crippen LogP contribution in [0.3, 0.4) is 0 Å².